The molecule has 20 heavy (non-hydrogen) atoms. The summed E-state index contributed by atoms with van der Waals surface area (Å²) in [5.74, 6) is 0. The number of nitrogens with zero attached hydrogens (tertiary/aromatic N) is 1. The predicted octanol–water partition coefficient (Wildman–Crippen LogP) is 3.79. The van der Waals surface area contributed by atoms with Crippen LogP contribution in [0, 0.1) is 13.8 Å². The van der Waals surface area contributed by atoms with E-state index in [4.69, 9.17) is 4.74 Å². The first-order valence-corrected chi connectivity index (χ1v) is 8.64. The van der Waals surface area contributed by atoms with Crippen molar-refractivity contribution in [2.75, 3.05) is 6.61 Å². The van der Waals surface area contributed by atoms with Crippen LogP contribution in [0.5, 0.6) is 0 Å². The molecular weight excluding hydrogens is 270 g/mol. The standard InChI is InChI=1S/C16H27NO2S/c1-4-19-16(9-7-5-6-8-10-16)14(18)11-15-17-12(2)13(3)20-15/h14,18H,4-11H2,1-3H3. The molecule has 0 radical (unpaired) electrons. The molecule has 2 rings (SSSR count). The average molecular weight is 297 g/mol. The van der Waals surface area contributed by atoms with E-state index in [9.17, 15) is 5.11 Å². The van der Waals surface area contributed by atoms with Crippen LogP contribution in [0.25, 0.3) is 0 Å². The zero-order valence-corrected chi connectivity index (χ0v) is 13.8. The maximum Gasteiger partial charge on any atom is 0.0957 e. The highest BCUT2D eigenvalue weighted by molar-refractivity contribution is 7.11. The van der Waals surface area contributed by atoms with E-state index in [2.05, 4.69) is 11.9 Å². The lowest BCUT2D eigenvalue weighted by atomic mass is 9.86. The second-order valence-corrected chi connectivity index (χ2v) is 7.17. The van der Waals surface area contributed by atoms with E-state index in [1.165, 1.54) is 17.7 Å². The Morgan fingerprint density at radius 3 is 2.40 bits per heavy atom. The fourth-order valence-electron chi connectivity index (χ4n) is 3.17. The molecule has 0 spiro atoms. The number of hydrogen-bond donors (Lipinski definition) is 1. The molecule has 1 fully saturated rings. The van der Waals surface area contributed by atoms with Gasteiger partial charge >= 0.3 is 0 Å². The fraction of sp³-hybridized carbons (Fsp3) is 0.812. The molecule has 1 heterocycles. The van der Waals surface area contributed by atoms with Gasteiger partial charge in [0.1, 0.15) is 0 Å². The van der Waals surface area contributed by atoms with Crippen LogP contribution in [0.3, 0.4) is 0 Å². The van der Waals surface area contributed by atoms with Gasteiger partial charge in [-0.1, -0.05) is 25.7 Å². The zero-order chi connectivity index (χ0) is 14.6. The Hall–Kier alpha value is -0.450. The van der Waals surface area contributed by atoms with E-state index in [0.717, 1.165) is 36.4 Å². The number of aryl methyl sites for hydroxylation is 2. The lowest BCUT2D eigenvalue weighted by molar-refractivity contribution is -0.128. The van der Waals surface area contributed by atoms with Crippen molar-refractivity contribution >= 4 is 11.3 Å². The molecule has 1 aromatic rings. The Kier molecular flexibility index (Phi) is 5.58. The monoisotopic (exact) mass is 297 g/mol. The summed E-state index contributed by atoms with van der Waals surface area (Å²) < 4.78 is 6.05. The quantitative estimate of drug-likeness (QED) is 0.841. The molecule has 0 aromatic carbocycles. The molecule has 1 aliphatic carbocycles. The van der Waals surface area contributed by atoms with E-state index in [-0.39, 0.29) is 5.60 Å². The van der Waals surface area contributed by atoms with Crippen molar-refractivity contribution in [3.05, 3.63) is 15.6 Å². The summed E-state index contributed by atoms with van der Waals surface area (Å²) >= 11 is 1.70. The van der Waals surface area contributed by atoms with Crippen LogP contribution in [-0.2, 0) is 11.2 Å². The van der Waals surface area contributed by atoms with Gasteiger partial charge in [0.05, 0.1) is 22.4 Å². The first kappa shape index (κ1) is 15.9. The molecule has 0 bridgehead atoms. The third-order valence-electron chi connectivity index (χ3n) is 4.43. The van der Waals surface area contributed by atoms with Crippen molar-refractivity contribution in [3.63, 3.8) is 0 Å². The molecule has 1 aliphatic rings. The van der Waals surface area contributed by atoms with Crippen molar-refractivity contribution in [1.82, 2.24) is 4.98 Å². The van der Waals surface area contributed by atoms with Gasteiger partial charge < -0.3 is 9.84 Å². The van der Waals surface area contributed by atoms with Crippen molar-refractivity contribution in [2.24, 2.45) is 0 Å². The maximum absolute atomic E-state index is 10.8. The molecule has 0 aliphatic heterocycles. The SMILES string of the molecule is CCOC1(C(O)Cc2nc(C)c(C)s2)CCCCCC1. The molecule has 1 N–H and O–H groups in total. The molecule has 4 heteroatoms. The summed E-state index contributed by atoms with van der Waals surface area (Å²) in [6.07, 6.45) is 6.98. The predicted molar refractivity (Wildman–Crippen MR) is 83.4 cm³/mol. The highest BCUT2D eigenvalue weighted by atomic mass is 32.1. The van der Waals surface area contributed by atoms with E-state index >= 15 is 0 Å². The Morgan fingerprint density at radius 1 is 1.25 bits per heavy atom. The van der Waals surface area contributed by atoms with Gasteiger partial charge in [0.15, 0.2) is 0 Å². The van der Waals surface area contributed by atoms with E-state index in [0.29, 0.717) is 13.0 Å². The molecule has 1 atom stereocenters. The summed E-state index contributed by atoms with van der Waals surface area (Å²) in [4.78, 5) is 5.81. The van der Waals surface area contributed by atoms with Crippen LogP contribution >= 0.6 is 11.3 Å². The maximum atomic E-state index is 10.8. The van der Waals surface area contributed by atoms with Gasteiger partial charge in [0.25, 0.3) is 0 Å². The Morgan fingerprint density at radius 2 is 1.90 bits per heavy atom. The van der Waals surface area contributed by atoms with Gasteiger partial charge in [0.2, 0.25) is 0 Å². The van der Waals surface area contributed by atoms with Crippen molar-refractivity contribution < 1.29 is 9.84 Å². The largest absolute Gasteiger partial charge is 0.390 e. The lowest BCUT2D eigenvalue weighted by Gasteiger charge is -2.37. The minimum absolute atomic E-state index is 0.348. The van der Waals surface area contributed by atoms with Gasteiger partial charge in [-0.2, -0.15) is 0 Å². The lowest BCUT2D eigenvalue weighted by Crippen LogP contribution is -2.46. The average Bonchev–Trinajstić information content (AvgIpc) is 2.63. The van der Waals surface area contributed by atoms with Crippen LogP contribution in [0.4, 0.5) is 0 Å². The highest BCUT2D eigenvalue weighted by Gasteiger charge is 2.39. The smallest absolute Gasteiger partial charge is 0.0957 e. The molecule has 3 nitrogen and oxygen atoms in total. The van der Waals surface area contributed by atoms with Gasteiger partial charge in [-0.3, -0.25) is 0 Å². The fourth-order valence-corrected chi connectivity index (χ4v) is 4.14. The highest BCUT2D eigenvalue weighted by Crippen LogP contribution is 2.35. The molecule has 114 valence electrons. The number of aliphatic hydroxyl groups excluding tert-OH is 1. The normalized spacial score (nSPS) is 20.6. The first-order valence-electron chi connectivity index (χ1n) is 7.82. The Balaban J connectivity index is 2.11. The number of thiazole rings is 1. The number of hydrogen-bond acceptors (Lipinski definition) is 4. The van der Waals surface area contributed by atoms with Gasteiger partial charge in [-0.25, -0.2) is 4.98 Å². The third-order valence-corrected chi connectivity index (χ3v) is 5.52. The Bertz CT molecular complexity index is 403. The number of aromatic nitrogens is 1. The van der Waals surface area contributed by atoms with Crippen LogP contribution in [-0.4, -0.2) is 28.4 Å². The van der Waals surface area contributed by atoms with E-state index in [1.807, 2.05) is 13.8 Å². The van der Waals surface area contributed by atoms with Gasteiger partial charge in [-0.15, -0.1) is 11.3 Å². The molecule has 0 saturated heterocycles. The molecule has 0 amide bonds. The van der Waals surface area contributed by atoms with Crippen molar-refractivity contribution in [2.45, 2.75) is 77.4 Å². The van der Waals surface area contributed by atoms with Crippen LogP contribution in [0.2, 0.25) is 0 Å². The van der Waals surface area contributed by atoms with Crippen LogP contribution < -0.4 is 0 Å². The molecular formula is C16H27NO2S. The van der Waals surface area contributed by atoms with Crippen molar-refractivity contribution in [3.8, 4) is 0 Å². The Labute approximate surface area is 126 Å². The van der Waals surface area contributed by atoms with Gasteiger partial charge in [0, 0.05) is 17.9 Å². The minimum Gasteiger partial charge on any atom is -0.390 e. The first-order chi connectivity index (χ1) is 9.57. The van der Waals surface area contributed by atoms with E-state index < -0.39 is 6.10 Å². The second-order valence-electron chi connectivity index (χ2n) is 5.88. The van der Waals surface area contributed by atoms with E-state index in [1.54, 1.807) is 11.3 Å². The summed E-state index contributed by atoms with van der Waals surface area (Å²) in [5, 5.41) is 11.8. The zero-order valence-electron chi connectivity index (χ0n) is 12.9. The summed E-state index contributed by atoms with van der Waals surface area (Å²) in [7, 11) is 0. The summed E-state index contributed by atoms with van der Waals surface area (Å²) in [6, 6.07) is 0. The molecule has 1 saturated carbocycles. The summed E-state index contributed by atoms with van der Waals surface area (Å²) in [5.41, 5.74) is 0.738. The van der Waals surface area contributed by atoms with Crippen LogP contribution in [0.15, 0.2) is 0 Å². The van der Waals surface area contributed by atoms with Gasteiger partial charge in [-0.05, 0) is 33.6 Å². The van der Waals surface area contributed by atoms with Crippen molar-refractivity contribution in [1.29, 1.82) is 0 Å². The number of aliphatic hydroxyl groups is 1. The topological polar surface area (TPSA) is 42.4 Å². The second kappa shape index (κ2) is 7.01. The summed E-state index contributed by atoms with van der Waals surface area (Å²) in [6.45, 7) is 6.82. The third kappa shape index (κ3) is 3.60. The number of rotatable bonds is 5. The van der Waals surface area contributed by atoms with Crippen LogP contribution in [0.1, 0.15) is 61.0 Å². The molecule has 1 unspecified atom stereocenters. The molecule has 1 aromatic heterocycles. The minimum atomic E-state index is -0.439. The number of ether oxygens (including phenoxy) is 1.